The minimum atomic E-state index is 0.682. The smallest absolute Gasteiger partial charge is 0.222 e. The Bertz CT molecular complexity index is 295. The Kier molecular flexibility index (Phi) is 4.13. The third-order valence-corrected chi connectivity index (χ3v) is 3.12. The molecule has 1 fully saturated rings. The number of anilines is 1. The molecule has 2 N–H and O–H groups in total. The van der Waals surface area contributed by atoms with Crippen LogP contribution in [0.1, 0.15) is 19.3 Å². The van der Waals surface area contributed by atoms with E-state index in [1.165, 1.54) is 19.4 Å². The van der Waals surface area contributed by atoms with E-state index < -0.39 is 0 Å². The van der Waals surface area contributed by atoms with Crippen LogP contribution in [0, 0.1) is 3.57 Å². The van der Waals surface area contributed by atoms with Crippen molar-refractivity contribution in [1.82, 2.24) is 15.3 Å². The third-order valence-electron chi connectivity index (χ3n) is 2.56. The highest BCUT2D eigenvalue weighted by molar-refractivity contribution is 14.1. The summed E-state index contributed by atoms with van der Waals surface area (Å²) in [6.07, 6.45) is 7.41. The van der Waals surface area contributed by atoms with Crippen LogP contribution in [0.5, 0.6) is 0 Å². The molecule has 1 aromatic heterocycles. The summed E-state index contributed by atoms with van der Waals surface area (Å²) in [6, 6.07) is 0.682. The van der Waals surface area contributed by atoms with Gasteiger partial charge in [-0.25, -0.2) is 9.97 Å². The van der Waals surface area contributed by atoms with E-state index in [2.05, 4.69) is 43.2 Å². The van der Waals surface area contributed by atoms with E-state index in [4.69, 9.17) is 0 Å². The van der Waals surface area contributed by atoms with Crippen LogP contribution in [0.15, 0.2) is 12.4 Å². The highest BCUT2D eigenvalue weighted by Gasteiger charge is 2.12. The van der Waals surface area contributed by atoms with Gasteiger partial charge in [0.1, 0.15) is 0 Å². The van der Waals surface area contributed by atoms with Crippen molar-refractivity contribution in [2.24, 2.45) is 0 Å². The summed E-state index contributed by atoms with van der Waals surface area (Å²) in [5.74, 6) is 0.730. The average molecular weight is 318 g/mol. The van der Waals surface area contributed by atoms with E-state index in [1.54, 1.807) is 0 Å². The minimum Gasteiger partial charge on any atom is -0.354 e. The van der Waals surface area contributed by atoms with E-state index >= 15 is 0 Å². The summed E-state index contributed by atoms with van der Waals surface area (Å²) in [5.41, 5.74) is 0. The second-order valence-electron chi connectivity index (χ2n) is 3.73. The van der Waals surface area contributed by atoms with Crippen molar-refractivity contribution >= 4 is 28.5 Å². The van der Waals surface area contributed by atoms with Gasteiger partial charge in [0, 0.05) is 28.6 Å². The molecular formula is C10H15IN4. The van der Waals surface area contributed by atoms with E-state index in [1.807, 2.05) is 12.4 Å². The van der Waals surface area contributed by atoms with Crippen molar-refractivity contribution in [2.75, 3.05) is 18.4 Å². The van der Waals surface area contributed by atoms with Gasteiger partial charge in [0.25, 0.3) is 0 Å². The monoisotopic (exact) mass is 318 g/mol. The molecule has 0 unspecified atom stereocenters. The van der Waals surface area contributed by atoms with Crippen molar-refractivity contribution in [3.8, 4) is 0 Å². The average Bonchev–Trinajstić information content (AvgIpc) is 2.74. The SMILES string of the molecule is Ic1cnc(NCC[C@H]2CCCN2)nc1. The molecule has 0 amide bonds. The van der Waals surface area contributed by atoms with Crippen LogP contribution >= 0.6 is 22.6 Å². The van der Waals surface area contributed by atoms with Gasteiger partial charge in [0.05, 0.1) is 0 Å². The molecule has 1 aliphatic heterocycles. The second kappa shape index (κ2) is 5.60. The van der Waals surface area contributed by atoms with Crippen LogP contribution < -0.4 is 10.6 Å². The lowest BCUT2D eigenvalue weighted by Crippen LogP contribution is -2.24. The van der Waals surface area contributed by atoms with Gasteiger partial charge in [0.15, 0.2) is 0 Å². The number of nitrogens with zero attached hydrogens (tertiary/aromatic N) is 2. The fourth-order valence-corrected chi connectivity index (χ4v) is 2.04. The summed E-state index contributed by atoms with van der Waals surface area (Å²) in [4.78, 5) is 8.38. The van der Waals surface area contributed by atoms with Crippen molar-refractivity contribution in [3.63, 3.8) is 0 Å². The highest BCUT2D eigenvalue weighted by atomic mass is 127. The topological polar surface area (TPSA) is 49.8 Å². The number of halogens is 1. The molecule has 5 heteroatoms. The molecule has 1 atom stereocenters. The predicted molar refractivity (Wildman–Crippen MR) is 68.9 cm³/mol. The fourth-order valence-electron chi connectivity index (χ4n) is 1.76. The Morgan fingerprint density at radius 3 is 2.93 bits per heavy atom. The zero-order valence-electron chi connectivity index (χ0n) is 8.54. The molecule has 0 spiro atoms. The summed E-state index contributed by atoms with van der Waals surface area (Å²) >= 11 is 2.20. The van der Waals surface area contributed by atoms with Gasteiger partial charge in [-0.15, -0.1) is 0 Å². The Labute approximate surface area is 103 Å². The van der Waals surface area contributed by atoms with Crippen LogP contribution in [0.3, 0.4) is 0 Å². The first kappa shape index (κ1) is 11.1. The zero-order valence-corrected chi connectivity index (χ0v) is 10.7. The summed E-state index contributed by atoms with van der Waals surface area (Å²) in [7, 11) is 0. The molecule has 1 saturated heterocycles. The molecule has 4 nitrogen and oxygen atoms in total. The van der Waals surface area contributed by atoms with Crippen molar-refractivity contribution in [1.29, 1.82) is 0 Å². The van der Waals surface area contributed by atoms with Gasteiger partial charge in [-0.1, -0.05) is 0 Å². The van der Waals surface area contributed by atoms with E-state index in [-0.39, 0.29) is 0 Å². The Hall–Kier alpha value is -0.430. The maximum Gasteiger partial charge on any atom is 0.222 e. The second-order valence-corrected chi connectivity index (χ2v) is 4.98. The Morgan fingerprint density at radius 2 is 2.27 bits per heavy atom. The predicted octanol–water partition coefficient (Wildman–Crippen LogP) is 1.64. The van der Waals surface area contributed by atoms with Gasteiger partial charge < -0.3 is 10.6 Å². The zero-order chi connectivity index (χ0) is 10.5. The van der Waals surface area contributed by atoms with E-state index in [9.17, 15) is 0 Å². The minimum absolute atomic E-state index is 0.682. The Morgan fingerprint density at radius 1 is 1.47 bits per heavy atom. The molecule has 0 radical (unpaired) electrons. The number of nitrogens with one attached hydrogen (secondary N) is 2. The molecule has 0 saturated carbocycles. The molecule has 2 heterocycles. The summed E-state index contributed by atoms with van der Waals surface area (Å²) in [6.45, 7) is 2.11. The normalized spacial score (nSPS) is 20.5. The lowest BCUT2D eigenvalue weighted by atomic mass is 10.1. The quantitative estimate of drug-likeness (QED) is 0.829. The van der Waals surface area contributed by atoms with E-state index in [0.717, 1.165) is 22.5 Å². The summed E-state index contributed by atoms with van der Waals surface area (Å²) < 4.78 is 1.07. The molecule has 15 heavy (non-hydrogen) atoms. The largest absolute Gasteiger partial charge is 0.354 e. The van der Waals surface area contributed by atoms with Gasteiger partial charge in [-0.3, -0.25) is 0 Å². The Balaban J connectivity index is 1.71. The van der Waals surface area contributed by atoms with Crippen LogP contribution in [-0.4, -0.2) is 29.1 Å². The van der Waals surface area contributed by atoms with Crippen molar-refractivity contribution in [2.45, 2.75) is 25.3 Å². The van der Waals surface area contributed by atoms with Gasteiger partial charge in [-0.05, 0) is 48.4 Å². The molecule has 82 valence electrons. The van der Waals surface area contributed by atoms with Crippen LogP contribution in [0.25, 0.3) is 0 Å². The van der Waals surface area contributed by atoms with Crippen LogP contribution in [-0.2, 0) is 0 Å². The first-order valence-corrected chi connectivity index (χ1v) is 6.37. The highest BCUT2D eigenvalue weighted by Crippen LogP contribution is 2.09. The van der Waals surface area contributed by atoms with Crippen LogP contribution in [0.4, 0.5) is 5.95 Å². The molecular weight excluding hydrogens is 303 g/mol. The van der Waals surface area contributed by atoms with Crippen molar-refractivity contribution in [3.05, 3.63) is 16.0 Å². The van der Waals surface area contributed by atoms with Crippen molar-refractivity contribution < 1.29 is 0 Å². The molecule has 0 aliphatic carbocycles. The van der Waals surface area contributed by atoms with Crippen LogP contribution in [0.2, 0.25) is 0 Å². The van der Waals surface area contributed by atoms with Gasteiger partial charge in [-0.2, -0.15) is 0 Å². The summed E-state index contributed by atoms with van der Waals surface area (Å²) in [5, 5.41) is 6.70. The molecule has 0 aromatic carbocycles. The van der Waals surface area contributed by atoms with Gasteiger partial charge in [0.2, 0.25) is 5.95 Å². The third kappa shape index (κ3) is 3.57. The standard InChI is InChI=1S/C10H15IN4/c11-8-6-14-10(15-7-8)13-5-3-9-2-1-4-12-9/h6-7,9,12H,1-5H2,(H,13,14,15)/t9-/m1/s1. The molecule has 1 aliphatic rings. The van der Waals surface area contributed by atoms with E-state index in [0.29, 0.717) is 6.04 Å². The molecule has 0 bridgehead atoms. The first-order chi connectivity index (χ1) is 7.34. The maximum absolute atomic E-state index is 4.19. The first-order valence-electron chi connectivity index (χ1n) is 5.29. The maximum atomic E-state index is 4.19. The lowest BCUT2D eigenvalue weighted by Gasteiger charge is -2.10. The number of aromatic nitrogens is 2. The molecule has 1 aromatic rings. The number of hydrogen-bond acceptors (Lipinski definition) is 4. The lowest BCUT2D eigenvalue weighted by molar-refractivity contribution is 0.573. The number of hydrogen-bond donors (Lipinski definition) is 2. The molecule has 2 rings (SSSR count). The van der Waals surface area contributed by atoms with Gasteiger partial charge >= 0.3 is 0 Å². The fraction of sp³-hybridized carbons (Fsp3) is 0.600. The number of rotatable bonds is 4.